The molecule has 144 valence electrons. The number of nitrogens with one attached hydrogen (secondary N) is 1. The molecule has 1 atom stereocenters. The SMILES string of the molecule is O=C(Cc1nc2nc3c(c(=O)n2[nH]1)CCCC3)N1Cc2ccccc2C(O)C1. The van der Waals surface area contributed by atoms with E-state index in [1.165, 1.54) is 4.52 Å². The minimum atomic E-state index is -0.694. The molecule has 0 saturated heterocycles. The third-order valence-corrected chi connectivity index (χ3v) is 5.65. The van der Waals surface area contributed by atoms with Gasteiger partial charge in [-0.05, 0) is 36.8 Å². The normalized spacial score (nSPS) is 18.8. The highest BCUT2D eigenvalue weighted by atomic mass is 16.3. The van der Waals surface area contributed by atoms with Crippen molar-refractivity contribution in [3.63, 3.8) is 0 Å². The van der Waals surface area contributed by atoms with Gasteiger partial charge in [-0.1, -0.05) is 24.3 Å². The summed E-state index contributed by atoms with van der Waals surface area (Å²) >= 11 is 0. The average molecular weight is 379 g/mol. The van der Waals surface area contributed by atoms with Crippen LogP contribution in [0.2, 0.25) is 0 Å². The number of aryl methyl sites for hydroxylation is 1. The number of β-amino-alcohol motifs (C(OH)–C–C–N with tert-alkyl or cyclic N) is 1. The second-order valence-electron chi connectivity index (χ2n) is 7.52. The maximum Gasteiger partial charge on any atom is 0.277 e. The lowest BCUT2D eigenvalue weighted by molar-refractivity contribution is -0.133. The summed E-state index contributed by atoms with van der Waals surface area (Å²) < 4.78 is 1.34. The fourth-order valence-electron chi connectivity index (χ4n) is 4.19. The van der Waals surface area contributed by atoms with E-state index in [0.717, 1.165) is 48.1 Å². The van der Waals surface area contributed by atoms with E-state index in [1.54, 1.807) is 4.90 Å². The van der Waals surface area contributed by atoms with Crippen LogP contribution in [0.4, 0.5) is 0 Å². The Bertz CT molecular complexity index is 1130. The van der Waals surface area contributed by atoms with Crippen LogP contribution < -0.4 is 5.56 Å². The van der Waals surface area contributed by atoms with Gasteiger partial charge in [0, 0.05) is 12.1 Å². The standard InChI is InChI=1S/C20H21N5O3/c26-16-11-24(10-12-5-1-2-6-13(12)16)18(27)9-17-22-20-21-15-8-4-3-7-14(15)19(28)25(20)23-17/h1-2,5-6,16,26H,3-4,7-11H2,(H,21,22,23). The lowest BCUT2D eigenvalue weighted by atomic mass is 9.97. The zero-order valence-electron chi connectivity index (χ0n) is 15.4. The van der Waals surface area contributed by atoms with E-state index in [-0.39, 0.29) is 24.4 Å². The van der Waals surface area contributed by atoms with Crippen molar-refractivity contribution in [3.05, 3.63) is 62.8 Å². The number of aromatic amines is 1. The highest BCUT2D eigenvalue weighted by Gasteiger charge is 2.27. The molecule has 1 aliphatic carbocycles. The molecule has 8 nitrogen and oxygen atoms in total. The molecule has 5 rings (SSSR count). The first-order valence-electron chi connectivity index (χ1n) is 9.63. The highest BCUT2D eigenvalue weighted by molar-refractivity contribution is 5.78. The lowest BCUT2D eigenvalue weighted by Gasteiger charge is -2.32. The van der Waals surface area contributed by atoms with E-state index in [2.05, 4.69) is 15.1 Å². The Balaban J connectivity index is 1.40. The molecule has 28 heavy (non-hydrogen) atoms. The molecular formula is C20H21N5O3. The fourth-order valence-corrected chi connectivity index (χ4v) is 4.19. The number of carbonyl (C=O) groups excluding carboxylic acids is 1. The number of benzene rings is 1. The Morgan fingerprint density at radius 3 is 2.93 bits per heavy atom. The molecule has 3 heterocycles. The van der Waals surface area contributed by atoms with Crippen LogP contribution in [0, 0.1) is 0 Å². The Morgan fingerprint density at radius 1 is 1.21 bits per heavy atom. The summed E-state index contributed by atoms with van der Waals surface area (Å²) in [7, 11) is 0. The zero-order chi connectivity index (χ0) is 19.3. The van der Waals surface area contributed by atoms with Crippen LogP contribution in [0.1, 0.15) is 47.2 Å². The van der Waals surface area contributed by atoms with E-state index in [4.69, 9.17) is 0 Å². The van der Waals surface area contributed by atoms with Crippen molar-refractivity contribution in [2.75, 3.05) is 6.54 Å². The average Bonchev–Trinajstić information content (AvgIpc) is 3.11. The van der Waals surface area contributed by atoms with Gasteiger partial charge in [-0.15, -0.1) is 0 Å². The molecule has 0 saturated carbocycles. The van der Waals surface area contributed by atoms with Gasteiger partial charge in [0.1, 0.15) is 5.82 Å². The maximum atomic E-state index is 12.8. The number of rotatable bonds is 2. The Labute approximate surface area is 160 Å². The van der Waals surface area contributed by atoms with Gasteiger partial charge in [-0.3, -0.25) is 14.7 Å². The number of aromatic nitrogens is 4. The highest BCUT2D eigenvalue weighted by Crippen LogP contribution is 2.26. The van der Waals surface area contributed by atoms with Crippen LogP contribution >= 0.6 is 0 Å². The van der Waals surface area contributed by atoms with E-state index >= 15 is 0 Å². The molecule has 2 N–H and O–H groups in total. The molecule has 2 aliphatic rings. The van der Waals surface area contributed by atoms with Crippen LogP contribution in [0.5, 0.6) is 0 Å². The Morgan fingerprint density at radius 2 is 2.04 bits per heavy atom. The number of hydrogen-bond acceptors (Lipinski definition) is 5. The van der Waals surface area contributed by atoms with Gasteiger partial charge in [0.2, 0.25) is 5.91 Å². The summed E-state index contributed by atoms with van der Waals surface area (Å²) in [4.78, 5) is 36.0. The molecule has 2 aromatic heterocycles. The largest absolute Gasteiger partial charge is 0.387 e. The van der Waals surface area contributed by atoms with Crippen molar-refractivity contribution in [1.29, 1.82) is 0 Å². The van der Waals surface area contributed by atoms with Crippen LogP contribution in [-0.2, 0) is 30.6 Å². The second kappa shape index (κ2) is 6.56. The summed E-state index contributed by atoms with van der Waals surface area (Å²) in [6.45, 7) is 0.710. The van der Waals surface area contributed by atoms with E-state index in [1.807, 2.05) is 24.3 Å². The van der Waals surface area contributed by atoms with Crippen molar-refractivity contribution in [3.8, 4) is 0 Å². The molecule has 1 aromatic carbocycles. The molecular weight excluding hydrogens is 358 g/mol. The minimum Gasteiger partial charge on any atom is -0.387 e. The predicted octanol–water partition coefficient (Wildman–Crippen LogP) is 0.915. The smallest absolute Gasteiger partial charge is 0.277 e. The number of fused-ring (bicyclic) bond motifs is 3. The van der Waals surface area contributed by atoms with E-state index < -0.39 is 6.10 Å². The van der Waals surface area contributed by atoms with Gasteiger partial charge in [-0.2, -0.15) is 9.50 Å². The van der Waals surface area contributed by atoms with Crippen molar-refractivity contribution in [2.24, 2.45) is 0 Å². The second-order valence-corrected chi connectivity index (χ2v) is 7.52. The molecule has 0 spiro atoms. The van der Waals surface area contributed by atoms with Gasteiger partial charge < -0.3 is 10.0 Å². The monoisotopic (exact) mass is 379 g/mol. The van der Waals surface area contributed by atoms with E-state index in [9.17, 15) is 14.7 Å². The quantitative estimate of drug-likeness (QED) is 0.689. The van der Waals surface area contributed by atoms with Crippen molar-refractivity contribution < 1.29 is 9.90 Å². The molecule has 1 aliphatic heterocycles. The molecule has 1 unspecified atom stereocenters. The molecule has 1 amide bonds. The number of nitrogens with zero attached hydrogens (tertiary/aromatic N) is 4. The van der Waals surface area contributed by atoms with Gasteiger partial charge in [0.25, 0.3) is 11.3 Å². The van der Waals surface area contributed by atoms with Gasteiger partial charge in [-0.25, -0.2) is 4.98 Å². The Hall–Kier alpha value is -3.00. The third kappa shape index (κ3) is 2.80. The summed E-state index contributed by atoms with van der Waals surface area (Å²) in [5.41, 5.74) is 3.28. The minimum absolute atomic E-state index is 0.0301. The van der Waals surface area contributed by atoms with Crippen LogP contribution in [0.25, 0.3) is 5.78 Å². The third-order valence-electron chi connectivity index (χ3n) is 5.65. The van der Waals surface area contributed by atoms with Crippen molar-refractivity contribution in [1.82, 2.24) is 24.5 Å². The molecule has 0 fully saturated rings. The topological polar surface area (TPSA) is 104 Å². The fraction of sp³-hybridized carbons (Fsp3) is 0.400. The first kappa shape index (κ1) is 17.1. The molecule has 0 bridgehead atoms. The van der Waals surface area contributed by atoms with Crippen LogP contribution in [-0.4, -0.2) is 42.0 Å². The zero-order valence-corrected chi connectivity index (χ0v) is 15.4. The number of carbonyl (C=O) groups is 1. The number of hydrogen-bond donors (Lipinski definition) is 2. The summed E-state index contributed by atoms with van der Waals surface area (Å²) in [5.74, 6) is 0.577. The predicted molar refractivity (Wildman–Crippen MR) is 101 cm³/mol. The number of aliphatic hydroxyl groups excluding tert-OH is 1. The maximum absolute atomic E-state index is 12.8. The first-order valence-corrected chi connectivity index (χ1v) is 9.63. The van der Waals surface area contributed by atoms with Gasteiger partial charge in [0.15, 0.2) is 0 Å². The van der Waals surface area contributed by atoms with Gasteiger partial charge >= 0.3 is 0 Å². The Kier molecular flexibility index (Phi) is 4.01. The number of H-pyrrole nitrogens is 1. The number of amides is 1. The number of aliphatic hydroxyl groups is 1. The summed E-state index contributed by atoms with van der Waals surface area (Å²) in [6, 6.07) is 7.60. The molecule has 3 aromatic rings. The summed E-state index contributed by atoms with van der Waals surface area (Å²) in [6.07, 6.45) is 2.90. The van der Waals surface area contributed by atoms with Crippen molar-refractivity contribution in [2.45, 2.75) is 44.8 Å². The molecule has 0 radical (unpaired) electrons. The summed E-state index contributed by atoms with van der Waals surface area (Å²) in [5, 5.41) is 13.3. The van der Waals surface area contributed by atoms with Crippen LogP contribution in [0.15, 0.2) is 29.1 Å². The lowest BCUT2D eigenvalue weighted by Crippen LogP contribution is -2.39. The van der Waals surface area contributed by atoms with Gasteiger partial charge in [0.05, 0.1) is 24.8 Å². The van der Waals surface area contributed by atoms with E-state index in [0.29, 0.717) is 18.1 Å². The first-order chi connectivity index (χ1) is 13.6. The molecule has 8 heteroatoms. The van der Waals surface area contributed by atoms with Crippen LogP contribution in [0.3, 0.4) is 0 Å². The van der Waals surface area contributed by atoms with Crippen molar-refractivity contribution >= 4 is 11.7 Å².